The van der Waals surface area contributed by atoms with Crippen LogP contribution in [0.2, 0.25) is 0 Å². The maximum absolute atomic E-state index is 12.5. The molecule has 1 aliphatic heterocycles. The van der Waals surface area contributed by atoms with E-state index in [4.69, 9.17) is 9.47 Å². The van der Waals surface area contributed by atoms with Gasteiger partial charge in [0.2, 0.25) is 0 Å². The van der Waals surface area contributed by atoms with Gasteiger partial charge in [0.1, 0.15) is 0 Å². The zero-order valence-corrected chi connectivity index (χ0v) is 15.8. The topological polar surface area (TPSA) is 67.9 Å². The molecule has 6 nitrogen and oxygen atoms in total. The highest BCUT2D eigenvalue weighted by atomic mass is 32.2. The van der Waals surface area contributed by atoms with Gasteiger partial charge >= 0.3 is 0 Å². The molecule has 0 amide bonds. The van der Waals surface area contributed by atoms with E-state index < -0.39 is 10.2 Å². The normalized spacial score (nSPS) is 16.8. The molecule has 1 atom stereocenters. The lowest BCUT2D eigenvalue weighted by Gasteiger charge is -2.27. The zero-order valence-electron chi connectivity index (χ0n) is 15.0. The second kappa shape index (κ2) is 8.07. The van der Waals surface area contributed by atoms with Crippen LogP contribution in [0.5, 0.6) is 11.5 Å². The molecule has 0 aromatic heterocycles. The molecular formula is C19H24N2O4S. The Morgan fingerprint density at radius 3 is 2.69 bits per heavy atom. The first-order valence-electron chi connectivity index (χ1n) is 8.53. The lowest BCUT2D eigenvalue weighted by atomic mass is 9.96. The van der Waals surface area contributed by atoms with Crippen LogP contribution in [-0.2, 0) is 23.2 Å². The van der Waals surface area contributed by atoms with Gasteiger partial charge in [0.25, 0.3) is 10.2 Å². The van der Waals surface area contributed by atoms with Gasteiger partial charge in [-0.1, -0.05) is 42.5 Å². The Hall–Kier alpha value is -2.09. The molecule has 1 heterocycles. The number of para-hydroxylation sites is 1. The standard InChI is InChI=1S/C19H24N2O4S/c1-21(13-15-7-4-3-5-8-15)26(22,23)20-12-16-11-17-9-6-10-18(24-2)19(17)25-14-16/h3-10,16,20H,11-14H2,1-2H3/t16-/m0/s1. The Labute approximate surface area is 154 Å². The average molecular weight is 376 g/mol. The number of nitrogens with one attached hydrogen (secondary N) is 1. The highest BCUT2D eigenvalue weighted by Gasteiger charge is 2.25. The van der Waals surface area contributed by atoms with Crippen LogP contribution >= 0.6 is 0 Å². The largest absolute Gasteiger partial charge is 0.493 e. The summed E-state index contributed by atoms with van der Waals surface area (Å²) in [5, 5.41) is 0. The van der Waals surface area contributed by atoms with E-state index in [0.717, 1.165) is 23.3 Å². The SMILES string of the molecule is COc1cccc2c1OC[C@H](CNS(=O)(=O)N(C)Cc1ccccc1)C2. The molecule has 1 N–H and O–H groups in total. The quantitative estimate of drug-likeness (QED) is 0.805. The van der Waals surface area contributed by atoms with Crippen LogP contribution in [0, 0.1) is 5.92 Å². The van der Waals surface area contributed by atoms with Crippen molar-refractivity contribution in [2.45, 2.75) is 13.0 Å². The van der Waals surface area contributed by atoms with Crippen molar-refractivity contribution in [2.75, 3.05) is 27.3 Å². The van der Waals surface area contributed by atoms with Crippen molar-refractivity contribution < 1.29 is 17.9 Å². The molecule has 0 fully saturated rings. The van der Waals surface area contributed by atoms with Crippen LogP contribution in [0.15, 0.2) is 48.5 Å². The molecule has 3 rings (SSSR count). The highest BCUT2D eigenvalue weighted by Crippen LogP contribution is 2.35. The molecule has 0 aliphatic carbocycles. The summed E-state index contributed by atoms with van der Waals surface area (Å²) in [6.45, 7) is 1.12. The van der Waals surface area contributed by atoms with Crippen molar-refractivity contribution >= 4 is 10.2 Å². The maximum atomic E-state index is 12.5. The Morgan fingerprint density at radius 2 is 1.96 bits per heavy atom. The van der Waals surface area contributed by atoms with Gasteiger partial charge in [-0.05, 0) is 23.6 Å². The van der Waals surface area contributed by atoms with Crippen molar-refractivity contribution in [1.29, 1.82) is 0 Å². The minimum Gasteiger partial charge on any atom is -0.493 e. The lowest BCUT2D eigenvalue weighted by molar-refractivity contribution is 0.212. The molecule has 140 valence electrons. The summed E-state index contributed by atoms with van der Waals surface area (Å²) >= 11 is 0. The molecule has 0 bridgehead atoms. The first-order chi connectivity index (χ1) is 12.5. The van der Waals surface area contributed by atoms with Gasteiger partial charge < -0.3 is 9.47 Å². The summed E-state index contributed by atoms with van der Waals surface area (Å²) in [7, 11) is -0.356. The molecule has 26 heavy (non-hydrogen) atoms. The monoisotopic (exact) mass is 376 g/mol. The zero-order chi connectivity index (χ0) is 18.6. The predicted octanol–water partition coefficient (Wildman–Crippen LogP) is 2.21. The van der Waals surface area contributed by atoms with Crippen molar-refractivity contribution in [2.24, 2.45) is 5.92 Å². The summed E-state index contributed by atoms with van der Waals surface area (Å²) < 4.78 is 40.1. The van der Waals surface area contributed by atoms with Crippen molar-refractivity contribution in [1.82, 2.24) is 9.03 Å². The van der Waals surface area contributed by atoms with Crippen LogP contribution in [0.25, 0.3) is 0 Å². The third-order valence-corrected chi connectivity index (χ3v) is 5.95. The van der Waals surface area contributed by atoms with Crippen LogP contribution in [-0.4, -0.2) is 40.0 Å². The van der Waals surface area contributed by atoms with Gasteiger partial charge in [0.15, 0.2) is 11.5 Å². The Bertz CT molecular complexity index is 840. The van der Waals surface area contributed by atoms with Gasteiger partial charge in [-0.25, -0.2) is 4.72 Å². The third-order valence-electron chi connectivity index (χ3n) is 4.47. The van der Waals surface area contributed by atoms with Gasteiger partial charge in [-0.2, -0.15) is 12.7 Å². The second-order valence-electron chi connectivity index (χ2n) is 6.42. The number of hydrogen-bond acceptors (Lipinski definition) is 4. The smallest absolute Gasteiger partial charge is 0.279 e. The summed E-state index contributed by atoms with van der Waals surface area (Å²) in [6, 6.07) is 15.3. The highest BCUT2D eigenvalue weighted by molar-refractivity contribution is 7.87. The lowest BCUT2D eigenvalue weighted by Crippen LogP contribution is -2.42. The molecular weight excluding hydrogens is 352 g/mol. The van der Waals surface area contributed by atoms with Gasteiger partial charge in [0.05, 0.1) is 13.7 Å². The van der Waals surface area contributed by atoms with Crippen molar-refractivity contribution in [3.05, 3.63) is 59.7 Å². The van der Waals surface area contributed by atoms with E-state index in [1.165, 1.54) is 4.31 Å². The predicted molar refractivity (Wildman–Crippen MR) is 101 cm³/mol. The van der Waals surface area contributed by atoms with Crippen LogP contribution < -0.4 is 14.2 Å². The first-order valence-corrected chi connectivity index (χ1v) is 9.97. The number of hydrogen-bond donors (Lipinski definition) is 1. The molecule has 2 aromatic carbocycles. The summed E-state index contributed by atoms with van der Waals surface area (Å²) in [6.07, 6.45) is 0.747. The Balaban J connectivity index is 1.58. The number of ether oxygens (including phenoxy) is 2. The van der Waals surface area contributed by atoms with Crippen molar-refractivity contribution in [3.63, 3.8) is 0 Å². The van der Waals surface area contributed by atoms with Crippen LogP contribution in [0.4, 0.5) is 0 Å². The van der Waals surface area contributed by atoms with E-state index in [-0.39, 0.29) is 5.92 Å². The summed E-state index contributed by atoms with van der Waals surface area (Å²) in [5.41, 5.74) is 1.99. The minimum atomic E-state index is -3.54. The number of rotatable bonds is 7. The van der Waals surface area contributed by atoms with E-state index in [0.29, 0.717) is 25.4 Å². The fourth-order valence-corrected chi connectivity index (χ4v) is 3.99. The molecule has 0 saturated carbocycles. The molecule has 0 unspecified atom stereocenters. The molecule has 2 aromatic rings. The number of methoxy groups -OCH3 is 1. The number of fused-ring (bicyclic) bond motifs is 1. The first kappa shape index (κ1) is 18.7. The Morgan fingerprint density at radius 1 is 1.19 bits per heavy atom. The van der Waals surface area contributed by atoms with Gasteiger partial charge in [-0.15, -0.1) is 0 Å². The van der Waals surface area contributed by atoms with E-state index in [1.54, 1.807) is 14.2 Å². The molecule has 0 spiro atoms. The average Bonchev–Trinajstić information content (AvgIpc) is 2.66. The van der Waals surface area contributed by atoms with E-state index >= 15 is 0 Å². The number of benzene rings is 2. The fraction of sp³-hybridized carbons (Fsp3) is 0.368. The molecule has 1 aliphatic rings. The second-order valence-corrected chi connectivity index (χ2v) is 8.29. The van der Waals surface area contributed by atoms with Crippen LogP contribution in [0.1, 0.15) is 11.1 Å². The number of nitrogens with zero attached hydrogens (tertiary/aromatic N) is 1. The molecule has 0 radical (unpaired) electrons. The summed E-state index contributed by atoms with van der Waals surface area (Å²) in [5.74, 6) is 1.55. The third kappa shape index (κ3) is 4.35. The van der Waals surface area contributed by atoms with Crippen LogP contribution in [0.3, 0.4) is 0 Å². The maximum Gasteiger partial charge on any atom is 0.279 e. The van der Waals surface area contributed by atoms with Crippen molar-refractivity contribution in [3.8, 4) is 11.5 Å². The fourth-order valence-electron chi connectivity index (χ4n) is 3.01. The van der Waals surface area contributed by atoms with Gasteiger partial charge in [0, 0.05) is 26.1 Å². The van der Waals surface area contributed by atoms with E-state index in [1.807, 2.05) is 48.5 Å². The Kier molecular flexibility index (Phi) is 5.80. The van der Waals surface area contributed by atoms with Gasteiger partial charge in [-0.3, -0.25) is 0 Å². The molecule has 0 saturated heterocycles. The minimum absolute atomic E-state index is 0.0782. The molecule has 7 heteroatoms. The van der Waals surface area contributed by atoms with E-state index in [2.05, 4.69) is 4.72 Å². The summed E-state index contributed by atoms with van der Waals surface area (Å²) in [4.78, 5) is 0. The van der Waals surface area contributed by atoms with E-state index in [9.17, 15) is 8.42 Å².